The van der Waals surface area contributed by atoms with Crippen molar-refractivity contribution in [3.8, 4) is 11.5 Å². The molecule has 4 nitrogen and oxygen atoms in total. The SMILES string of the molecule is O=C(O)c1cc(-c2ccco2)nc2c(Cl)ccc(Cl)c12. The number of carboxylic acid groups (broad SMARTS) is 1. The largest absolute Gasteiger partial charge is 0.478 e. The van der Waals surface area contributed by atoms with E-state index in [9.17, 15) is 9.90 Å². The quantitative estimate of drug-likeness (QED) is 0.757. The van der Waals surface area contributed by atoms with Gasteiger partial charge in [-0.05, 0) is 30.3 Å². The maximum atomic E-state index is 11.4. The van der Waals surface area contributed by atoms with E-state index >= 15 is 0 Å². The van der Waals surface area contributed by atoms with Crippen molar-refractivity contribution in [2.24, 2.45) is 0 Å². The van der Waals surface area contributed by atoms with Crippen molar-refractivity contribution in [1.82, 2.24) is 4.98 Å². The molecular weight excluding hydrogens is 301 g/mol. The Labute approximate surface area is 123 Å². The Bertz CT molecular complexity index is 813. The third-order valence-corrected chi connectivity index (χ3v) is 3.48. The maximum Gasteiger partial charge on any atom is 0.336 e. The average molecular weight is 308 g/mol. The van der Waals surface area contributed by atoms with Crippen LogP contribution in [0.1, 0.15) is 10.4 Å². The second kappa shape index (κ2) is 4.81. The highest BCUT2D eigenvalue weighted by atomic mass is 35.5. The average Bonchev–Trinajstić information content (AvgIpc) is 2.96. The topological polar surface area (TPSA) is 63.3 Å². The Morgan fingerprint density at radius 3 is 2.60 bits per heavy atom. The molecule has 1 aromatic carbocycles. The van der Waals surface area contributed by atoms with Gasteiger partial charge in [0.25, 0.3) is 0 Å². The standard InChI is InChI=1S/C14H7Cl2NO3/c15-8-3-4-9(16)13-12(8)7(14(18)19)6-10(17-13)11-2-1-5-20-11/h1-6H,(H,18,19). The summed E-state index contributed by atoms with van der Waals surface area (Å²) in [7, 11) is 0. The number of hydrogen-bond acceptors (Lipinski definition) is 3. The predicted molar refractivity (Wildman–Crippen MR) is 76.4 cm³/mol. The molecule has 20 heavy (non-hydrogen) atoms. The molecule has 100 valence electrons. The van der Waals surface area contributed by atoms with Crippen LogP contribution >= 0.6 is 23.2 Å². The number of carbonyl (C=O) groups is 1. The van der Waals surface area contributed by atoms with Crippen molar-refractivity contribution >= 4 is 40.1 Å². The van der Waals surface area contributed by atoms with Gasteiger partial charge in [0, 0.05) is 5.39 Å². The van der Waals surface area contributed by atoms with Crippen LogP contribution in [-0.4, -0.2) is 16.1 Å². The molecule has 0 bridgehead atoms. The van der Waals surface area contributed by atoms with Gasteiger partial charge in [0.15, 0.2) is 5.76 Å². The number of halogens is 2. The number of nitrogens with zero attached hydrogens (tertiary/aromatic N) is 1. The van der Waals surface area contributed by atoms with Crippen LogP contribution < -0.4 is 0 Å². The smallest absolute Gasteiger partial charge is 0.336 e. The van der Waals surface area contributed by atoms with Crippen molar-refractivity contribution in [1.29, 1.82) is 0 Å². The van der Waals surface area contributed by atoms with Gasteiger partial charge in [0.05, 0.1) is 27.4 Å². The fourth-order valence-electron chi connectivity index (χ4n) is 1.99. The summed E-state index contributed by atoms with van der Waals surface area (Å²) in [5.74, 6) is -0.639. The van der Waals surface area contributed by atoms with Crippen LogP contribution in [0.25, 0.3) is 22.4 Å². The van der Waals surface area contributed by atoms with E-state index < -0.39 is 5.97 Å². The molecule has 6 heteroatoms. The highest BCUT2D eigenvalue weighted by Gasteiger charge is 2.18. The number of pyridine rings is 1. The van der Waals surface area contributed by atoms with Crippen LogP contribution in [0.5, 0.6) is 0 Å². The van der Waals surface area contributed by atoms with Gasteiger partial charge in [-0.2, -0.15) is 0 Å². The Hall–Kier alpha value is -2.04. The first-order chi connectivity index (χ1) is 9.58. The van der Waals surface area contributed by atoms with Crippen LogP contribution in [0.4, 0.5) is 0 Å². The van der Waals surface area contributed by atoms with Crippen molar-refractivity contribution in [3.05, 3.63) is 52.2 Å². The van der Waals surface area contributed by atoms with Crippen molar-refractivity contribution in [3.63, 3.8) is 0 Å². The Morgan fingerprint density at radius 1 is 1.20 bits per heavy atom. The van der Waals surface area contributed by atoms with E-state index in [2.05, 4.69) is 4.98 Å². The number of aromatic nitrogens is 1. The number of fused-ring (bicyclic) bond motifs is 1. The fourth-order valence-corrected chi connectivity index (χ4v) is 2.44. The number of carboxylic acids is 1. The summed E-state index contributed by atoms with van der Waals surface area (Å²) in [6.45, 7) is 0. The summed E-state index contributed by atoms with van der Waals surface area (Å²) >= 11 is 12.2. The van der Waals surface area contributed by atoms with Crippen LogP contribution in [0.15, 0.2) is 41.0 Å². The molecule has 0 unspecified atom stereocenters. The lowest BCUT2D eigenvalue weighted by atomic mass is 10.1. The lowest BCUT2D eigenvalue weighted by Gasteiger charge is -2.08. The maximum absolute atomic E-state index is 11.4. The third-order valence-electron chi connectivity index (χ3n) is 2.86. The Morgan fingerprint density at radius 2 is 1.95 bits per heavy atom. The molecule has 3 rings (SSSR count). The molecule has 0 atom stereocenters. The highest BCUT2D eigenvalue weighted by Crippen LogP contribution is 2.33. The number of furan rings is 1. The van der Waals surface area contributed by atoms with Crippen LogP contribution in [0, 0.1) is 0 Å². The normalized spacial score (nSPS) is 10.9. The van der Waals surface area contributed by atoms with Gasteiger partial charge >= 0.3 is 5.97 Å². The molecule has 0 aliphatic carbocycles. The molecule has 0 radical (unpaired) electrons. The molecule has 3 aromatic rings. The lowest BCUT2D eigenvalue weighted by molar-refractivity contribution is 0.0699. The van der Waals surface area contributed by atoms with Gasteiger partial charge in [-0.3, -0.25) is 0 Å². The monoisotopic (exact) mass is 307 g/mol. The van der Waals surface area contributed by atoms with E-state index in [1.54, 1.807) is 24.3 Å². The van der Waals surface area contributed by atoms with Crippen molar-refractivity contribution in [2.45, 2.75) is 0 Å². The van der Waals surface area contributed by atoms with E-state index in [-0.39, 0.29) is 5.56 Å². The minimum absolute atomic E-state index is 0.0360. The zero-order valence-corrected chi connectivity index (χ0v) is 11.4. The number of rotatable bonds is 2. The fraction of sp³-hybridized carbons (Fsp3) is 0. The van der Waals surface area contributed by atoms with E-state index in [0.29, 0.717) is 32.4 Å². The first-order valence-electron chi connectivity index (χ1n) is 5.64. The van der Waals surface area contributed by atoms with Gasteiger partial charge in [-0.1, -0.05) is 23.2 Å². The molecular formula is C14H7Cl2NO3. The lowest BCUT2D eigenvalue weighted by Crippen LogP contribution is -2.01. The minimum Gasteiger partial charge on any atom is -0.478 e. The molecule has 0 saturated carbocycles. The van der Waals surface area contributed by atoms with Gasteiger partial charge in [0.1, 0.15) is 5.69 Å². The van der Waals surface area contributed by atoms with Crippen LogP contribution in [-0.2, 0) is 0 Å². The third kappa shape index (κ3) is 2.03. The van der Waals surface area contributed by atoms with Gasteiger partial charge in [-0.15, -0.1) is 0 Å². The van der Waals surface area contributed by atoms with Gasteiger partial charge in [-0.25, -0.2) is 9.78 Å². The summed E-state index contributed by atoms with van der Waals surface area (Å²) in [5.41, 5.74) is 0.767. The molecule has 0 amide bonds. The van der Waals surface area contributed by atoms with Crippen LogP contribution in [0.3, 0.4) is 0 Å². The summed E-state index contributed by atoms with van der Waals surface area (Å²) in [6.07, 6.45) is 1.49. The first kappa shape index (κ1) is 13.0. The summed E-state index contributed by atoms with van der Waals surface area (Å²) < 4.78 is 5.24. The molecule has 2 heterocycles. The van der Waals surface area contributed by atoms with Crippen LogP contribution in [0.2, 0.25) is 10.0 Å². The van der Waals surface area contributed by atoms with E-state index in [4.69, 9.17) is 27.6 Å². The first-order valence-corrected chi connectivity index (χ1v) is 6.39. The molecule has 2 aromatic heterocycles. The molecule has 1 N–H and O–H groups in total. The zero-order valence-electron chi connectivity index (χ0n) is 9.93. The summed E-state index contributed by atoms with van der Waals surface area (Å²) in [4.78, 5) is 15.8. The van der Waals surface area contributed by atoms with Gasteiger partial charge < -0.3 is 9.52 Å². The Kier molecular flexibility index (Phi) is 3.12. The second-order valence-corrected chi connectivity index (χ2v) is 4.90. The van der Waals surface area contributed by atoms with E-state index in [1.165, 1.54) is 12.3 Å². The van der Waals surface area contributed by atoms with E-state index in [1.807, 2.05) is 0 Å². The number of benzene rings is 1. The molecule has 0 aliphatic heterocycles. The van der Waals surface area contributed by atoms with Crippen molar-refractivity contribution < 1.29 is 14.3 Å². The predicted octanol–water partition coefficient (Wildman–Crippen LogP) is 4.50. The minimum atomic E-state index is -1.10. The summed E-state index contributed by atoms with van der Waals surface area (Å²) in [6, 6.07) is 7.94. The zero-order chi connectivity index (χ0) is 14.3. The number of hydrogen-bond donors (Lipinski definition) is 1. The second-order valence-electron chi connectivity index (χ2n) is 4.09. The highest BCUT2D eigenvalue weighted by molar-refractivity contribution is 6.41. The molecule has 0 spiro atoms. The molecule has 0 fully saturated rings. The molecule has 0 aliphatic rings. The Balaban J connectivity index is 2.43. The summed E-state index contributed by atoms with van der Waals surface area (Å²) in [5, 5.41) is 10.3. The van der Waals surface area contributed by atoms with Gasteiger partial charge in [0.2, 0.25) is 0 Å². The van der Waals surface area contributed by atoms with E-state index in [0.717, 1.165) is 0 Å². The molecule has 0 saturated heterocycles. The van der Waals surface area contributed by atoms with Crippen molar-refractivity contribution in [2.75, 3.05) is 0 Å². The number of aromatic carboxylic acids is 1.